The van der Waals surface area contributed by atoms with Gasteiger partial charge in [-0.3, -0.25) is 4.79 Å². The normalized spacial score (nSPS) is 17.8. The van der Waals surface area contributed by atoms with E-state index in [4.69, 9.17) is 4.74 Å². The summed E-state index contributed by atoms with van der Waals surface area (Å²) in [7, 11) is 0. The number of rotatable bonds is 4. The third-order valence-corrected chi connectivity index (χ3v) is 5.22. The Morgan fingerprint density at radius 2 is 2.04 bits per heavy atom. The molecule has 1 N–H and O–H groups in total. The molecule has 0 atom stereocenters. The molecule has 1 amide bonds. The summed E-state index contributed by atoms with van der Waals surface area (Å²) in [5, 5.41) is 12.1. The number of amides is 1. The van der Waals surface area contributed by atoms with Crippen molar-refractivity contribution < 1.29 is 9.53 Å². The first-order valence-electron chi connectivity index (χ1n) is 9.41. The molecule has 2 aliphatic heterocycles. The highest BCUT2D eigenvalue weighted by atomic mass is 16.5. The van der Waals surface area contributed by atoms with Crippen LogP contribution in [0.25, 0.3) is 0 Å². The predicted molar refractivity (Wildman–Crippen MR) is 97.2 cm³/mol. The summed E-state index contributed by atoms with van der Waals surface area (Å²) in [4.78, 5) is 14.9. The number of carbonyl (C=O) groups is 1. The Morgan fingerprint density at radius 1 is 1.23 bits per heavy atom. The SMILES string of the molecule is CCOc1ccccc1C(=O)N1CCC(c2nnc3n2CCNC3)CC1. The summed E-state index contributed by atoms with van der Waals surface area (Å²) >= 11 is 0. The summed E-state index contributed by atoms with van der Waals surface area (Å²) in [6, 6.07) is 7.50. The van der Waals surface area contributed by atoms with Crippen molar-refractivity contribution in [3.63, 3.8) is 0 Å². The van der Waals surface area contributed by atoms with E-state index in [0.29, 0.717) is 23.8 Å². The molecule has 1 aromatic carbocycles. The number of para-hydroxylation sites is 1. The van der Waals surface area contributed by atoms with Crippen LogP contribution in [-0.4, -0.2) is 51.8 Å². The van der Waals surface area contributed by atoms with Crippen molar-refractivity contribution in [3.8, 4) is 5.75 Å². The van der Waals surface area contributed by atoms with Crippen molar-refractivity contribution >= 4 is 5.91 Å². The molecule has 138 valence electrons. The Kier molecular flexibility index (Phi) is 4.88. The van der Waals surface area contributed by atoms with Crippen LogP contribution in [0.15, 0.2) is 24.3 Å². The molecule has 1 fully saturated rings. The Bertz CT molecular complexity index is 780. The minimum Gasteiger partial charge on any atom is -0.493 e. The molecule has 2 aromatic rings. The van der Waals surface area contributed by atoms with Gasteiger partial charge in [-0.15, -0.1) is 10.2 Å². The molecule has 4 rings (SSSR count). The molecule has 0 aliphatic carbocycles. The third kappa shape index (κ3) is 3.19. The van der Waals surface area contributed by atoms with Crippen LogP contribution in [0.4, 0.5) is 0 Å². The zero-order chi connectivity index (χ0) is 17.9. The number of ether oxygens (including phenoxy) is 1. The molecule has 0 radical (unpaired) electrons. The van der Waals surface area contributed by atoms with Gasteiger partial charge >= 0.3 is 0 Å². The number of hydrogen-bond donors (Lipinski definition) is 1. The first-order chi connectivity index (χ1) is 12.8. The number of fused-ring (bicyclic) bond motifs is 1. The van der Waals surface area contributed by atoms with Crippen LogP contribution < -0.4 is 10.1 Å². The quantitative estimate of drug-likeness (QED) is 0.905. The van der Waals surface area contributed by atoms with E-state index in [1.807, 2.05) is 36.1 Å². The minimum atomic E-state index is 0.0555. The Hall–Kier alpha value is -2.41. The molecule has 1 aromatic heterocycles. The van der Waals surface area contributed by atoms with Gasteiger partial charge in [0.1, 0.15) is 17.4 Å². The van der Waals surface area contributed by atoms with E-state index in [-0.39, 0.29) is 5.91 Å². The maximum atomic E-state index is 12.9. The van der Waals surface area contributed by atoms with Gasteiger partial charge in [0.05, 0.1) is 18.7 Å². The number of hydrogen-bond acceptors (Lipinski definition) is 5. The number of piperidine rings is 1. The summed E-state index contributed by atoms with van der Waals surface area (Å²) in [5.41, 5.74) is 0.652. The van der Waals surface area contributed by atoms with Crippen LogP contribution in [0.5, 0.6) is 5.75 Å². The number of carbonyl (C=O) groups excluding carboxylic acids is 1. The molecule has 26 heavy (non-hydrogen) atoms. The largest absolute Gasteiger partial charge is 0.493 e. The van der Waals surface area contributed by atoms with E-state index >= 15 is 0 Å². The lowest BCUT2D eigenvalue weighted by Crippen LogP contribution is -2.39. The molecule has 7 heteroatoms. The minimum absolute atomic E-state index is 0.0555. The average Bonchev–Trinajstić information content (AvgIpc) is 3.12. The zero-order valence-corrected chi connectivity index (χ0v) is 15.1. The topological polar surface area (TPSA) is 72.3 Å². The van der Waals surface area contributed by atoms with Crippen molar-refractivity contribution in [1.82, 2.24) is 25.0 Å². The van der Waals surface area contributed by atoms with Gasteiger partial charge in [0.2, 0.25) is 0 Å². The van der Waals surface area contributed by atoms with Crippen molar-refractivity contribution in [3.05, 3.63) is 41.5 Å². The van der Waals surface area contributed by atoms with Crippen molar-refractivity contribution in [2.24, 2.45) is 0 Å². The Labute approximate surface area is 153 Å². The maximum absolute atomic E-state index is 12.9. The second-order valence-corrected chi connectivity index (χ2v) is 6.80. The van der Waals surface area contributed by atoms with Crippen LogP contribution >= 0.6 is 0 Å². The molecular formula is C19H25N5O2. The van der Waals surface area contributed by atoms with Gasteiger partial charge in [-0.25, -0.2) is 0 Å². The molecule has 1 saturated heterocycles. The predicted octanol–water partition coefficient (Wildman–Crippen LogP) is 1.80. The Morgan fingerprint density at radius 3 is 2.85 bits per heavy atom. The van der Waals surface area contributed by atoms with Crippen LogP contribution in [0, 0.1) is 0 Å². The van der Waals surface area contributed by atoms with Gasteiger partial charge in [0.15, 0.2) is 0 Å². The highest BCUT2D eigenvalue weighted by molar-refractivity contribution is 5.97. The number of likely N-dealkylation sites (tertiary alicyclic amines) is 1. The fourth-order valence-corrected chi connectivity index (χ4v) is 3.85. The lowest BCUT2D eigenvalue weighted by Gasteiger charge is -2.32. The van der Waals surface area contributed by atoms with Gasteiger partial charge in [-0.2, -0.15) is 0 Å². The first kappa shape index (κ1) is 17.0. The number of benzene rings is 1. The number of nitrogens with one attached hydrogen (secondary N) is 1. The molecule has 0 saturated carbocycles. The second kappa shape index (κ2) is 7.45. The van der Waals surface area contributed by atoms with E-state index in [0.717, 1.165) is 57.2 Å². The van der Waals surface area contributed by atoms with Gasteiger partial charge in [-0.05, 0) is 31.9 Å². The van der Waals surface area contributed by atoms with Gasteiger partial charge in [0.25, 0.3) is 5.91 Å². The van der Waals surface area contributed by atoms with E-state index in [2.05, 4.69) is 20.1 Å². The molecular weight excluding hydrogens is 330 g/mol. The van der Waals surface area contributed by atoms with Crippen molar-refractivity contribution in [1.29, 1.82) is 0 Å². The first-order valence-corrected chi connectivity index (χ1v) is 9.41. The average molecular weight is 355 g/mol. The third-order valence-electron chi connectivity index (χ3n) is 5.22. The van der Waals surface area contributed by atoms with Crippen LogP contribution in [0.2, 0.25) is 0 Å². The van der Waals surface area contributed by atoms with Crippen LogP contribution in [-0.2, 0) is 13.1 Å². The van der Waals surface area contributed by atoms with Crippen LogP contribution in [0.1, 0.15) is 47.7 Å². The lowest BCUT2D eigenvalue weighted by molar-refractivity contribution is 0.0706. The second-order valence-electron chi connectivity index (χ2n) is 6.80. The van der Waals surface area contributed by atoms with Gasteiger partial charge < -0.3 is 19.5 Å². The van der Waals surface area contributed by atoms with E-state index in [1.54, 1.807) is 0 Å². The fraction of sp³-hybridized carbons (Fsp3) is 0.526. The van der Waals surface area contributed by atoms with Gasteiger partial charge in [-0.1, -0.05) is 12.1 Å². The van der Waals surface area contributed by atoms with Crippen molar-refractivity contribution in [2.75, 3.05) is 26.2 Å². The fourth-order valence-electron chi connectivity index (χ4n) is 3.85. The summed E-state index contributed by atoms with van der Waals surface area (Å²) < 4.78 is 7.87. The van der Waals surface area contributed by atoms with E-state index < -0.39 is 0 Å². The Balaban J connectivity index is 1.44. The smallest absolute Gasteiger partial charge is 0.257 e. The zero-order valence-electron chi connectivity index (χ0n) is 15.1. The number of aromatic nitrogens is 3. The van der Waals surface area contributed by atoms with Crippen LogP contribution in [0.3, 0.4) is 0 Å². The van der Waals surface area contributed by atoms with E-state index in [9.17, 15) is 4.79 Å². The maximum Gasteiger partial charge on any atom is 0.257 e. The standard InChI is InChI=1S/C19H25N5O2/c1-2-26-16-6-4-3-5-15(16)19(25)23-10-7-14(8-11-23)18-22-21-17-13-20-9-12-24(17)18/h3-6,14,20H,2,7-13H2,1H3. The summed E-state index contributed by atoms with van der Waals surface area (Å²) in [5.74, 6) is 3.21. The molecule has 7 nitrogen and oxygen atoms in total. The van der Waals surface area contributed by atoms with Gasteiger partial charge in [0, 0.05) is 32.1 Å². The molecule has 0 unspecified atom stereocenters. The molecule has 2 aliphatic rings. The highest BCUT2D eigenvalue weighted by Crippen LogP contribution is 2.29. The monoisotopic (exact) mass is 355 g/mol. The summed E-state index contributed by atoms with van der Waals surface area (Å²) in [6.45, 7) is 6.65. The molecule has 0 bridgehead atoms. The lowest BCUT2D eigenvalue weighted by atomic mass is 9.95. The number of nitrogens with zero attached hydrogens (tertiary/aromatic N) is 4. The summed E-state index contributed by atoms with van der Waals surface area (Å²) in [6.07, 6.45) is 1.85. The van der Waals surface area contributed by atoms with E-state index in [1.165, 1.54) is 0 Å². The molecule has 3 heterocycles. The molecule has 0 spiro atoms. The van der Waals surface area contributed by atoms with Crippen molar-refractivity contribution in [2.45, 2.75) is 38.8 Å². The highest BCUT2D eigenvalue weighted by Gasteiger charge is 2.29.